The zero-order chi connectivity index (χ0) is 15.3. The van der Waals surface area contributed by atoms with Gasteiger partial charge in [-0.2, -0.15) is 0 Å². The van der Waals surface area contributed by atoms with Crippen LogP contribution < -0.4 is 4.74 Å². The van der Waals surface area contributed by atoms with Crippen molar-refractivity contribution in [2.75, 3.05) is 26.8 Å². The topological polar surface area (TPSA) is 52.9 Å². The van der Waals surface area contributed by atoms with Crippen molar-refractivity contribution in [2.24, 2.45) is 0 Å². The second-order valence-corrected chi connectivity index (χ2v) is 5.77. The highest BCUT2D eigenvalue weighted by atomic mass is 16.5. The summed E-state index contributed by atoms with van der Waals surface area (Å²) >= 11 is 0. The monoisotopic (exact) mass is 289 g/mol. The predicted octanol–water partition coefficient (Wildman–Crippen LogP) is 1.39. The Labute approximate surface area is 126 Å². The number of benzene rings is 1. The molecule has 0 aliphatic carbocycles. The maximum Gasteiger partial charge on any atom is 0.134 e. The number of hydrogen-bond donors (Lipinski definition) is 2. The third-order valence-electron chi connectivity index (χ3n) is 3.91. The van der Waals surface area contributed by atoms with Crippen molar-refractivity contribution in [1.29, 1.82) is 0 Å². The van der Waals surface area contributed by atoms with Gasteiger partial charge in [0.25, 0.3) is 0 Å². The highest BCUT2D eigenvalue weighted by Crippen LogP contribution is 2.24. The third kappa shape index (κ3) is 4.47. The van der Waals surface area contributed by atoms with Crippen LogP contribution in [0.1, 0.15) is 30.9 Å². The van der Waals surface area contributed by atoms with Gasteiger partial charge in [0.05, 0.1) is 18.3 Å². The number of aliphatic hydroxyl groups excluding tert-OH is 1. The molecule has 2 rings (SSSR count). The summed E-state index contributed by atoms with van der Waals surface area (Å²) in [7, 11) is 1.62. The summed E-state index contributed by atoms with van der Waals surface area (Å²) in [6.07, 6.45) is 1.61. The summed E-state index contributed by atoms with van der Waals surface area (Å²) in [6.45, 7) is 4.39. The van der Waals surface area contributed by atoms with Crippen molar-refractivity contribution in [3.63, 3.8) is 0 Å². The first-order valence-corrected chi connectivity index (χ1v) is 7.25. The first-order chi connectivity index (χ1) is 10.0. The van der Waals surface area contributed by atoms with E-state index in [9.17, 15) is 5.11 Å². The Morgan fingerprint density at radius 3 is 2.67 bits per heavy atom. The predicted molar refractivity (Wildman–Crippen MR) is 82.1 cm³/mol. The Balaban J connectivity index is 2.07. The molecule has 1 heterocycles. The molecule has 0 spiro atoms. The molecule has 0 bridgehead atoms. The molecular formula is C17H23NO3. The normalized spacial score (nSPS) is 17.9. The van der Waals surface area contributed by atoms with Crippen molar-refractivity contribution >= 4 is 0 Å². The molecule has 0 atom stereocenters. The van der Waals surface area contributed by atoms with Crippen LogP contribution in [0, 0.1) is 11.8 Å². The van der Waals surface area contributed by atoms with Crippen molar-refractivity contribution in [2.45, 2.75) is 31.9 Å². The molecular weight excluding hydrogens is 266 g/mol. The molecule has 1 aliphatic heterocycles. The first kappa shape index (κ1) is 15.8. The van der Waals surface area contributed by atoms with Crippen molar-refractivity contribution in [3.8, 4) is 17.6 Å². The lowest BCUT2D eigenvalue weighted by atomic mass is 9.93. The fourth-order valence-corrected chi connectivity index (χ4v) is 2.54. The van der Waals surface area contributed by atoms with Crippen LogP contribution in [0.4, 0.5) is 0 Å². The van der Waals surface area contributed by atoms with Gasteiger partial charge in [-0.25, -0.2) is 0 Å². The quantitative estimate of drug-likeness (QED) is 0.826. The van der Waals surface area contributed by atoms with Gasteiger partial charge >= 0.3 is 0 Å². The molecule has 1 aliphatic rings. The second kappa shape index (κ2) is 6.95. The van der Waals surface area contributed by atoms with Crippen LogP contribution in [-0.4, -0.2) is 47.5 Å². The zero-order valence-electron chi connectivity index (χ0n) is 12.7. The average molecular weight is 289 g/mol. The van der Waals surface area contributed by atoms with E-state index < -0.39 is 5.60 Å². The first-order valence-electron chi connectivity index (χ1n) is 7.25. The van der Waals surface area contributed by atoms with Gasteiger partial charge in [-0.1, -0.05) is 17.9 Å². The lowest BCUT2D eigenvalue weighted by Crippen LogP contribution is -2.41. The molecule has 1 aromatic carbocycles. The number of methoxy groups -OCH3 is 1. The van der Waals surface area contributed by atoms with E-state index in [1.807, 2.05) is 25.1 Å². The number of ether oxygens (including phenoxy) is 1. The fourth-order valence-electron chi connectivity index (χ4n) is 2.54. The highest BCUT2D eigenvalue weighted by molar-refractivity contribution is 5.48. The van der Waals surface area contributed by atoms with Gasteiger partial charge in [0.1, 0.15) is 12.4 Å². The molecule has 0 radical (unpaired) electrons. The van der Waals surface area contributed by atoms with E-state index in [1.165, 1.54) is 5.56 Å². The molecule has 0 unspecified atom stereocenters. The van der Waals surface area contributed by atoms with Gasteiger partial charge in [0, 0.05) is 19.6 Å². The fraction of sp³-hybridized carbons (Fsp3) is 0.529. The Morgan fingerprint density at radius 1 is 1.33 bits per heavy atom. The Kier molecular flexibility index (Phi) is 5.24. The molecule has 21 heavy (non-hydrogen) atoms. The lowest BCUT2D eigenvalue weighted by Gasteiger charge is -2.35. The Bertz CT molecular complexity index is 533. The minimum Gasteiger partial charge on any atom is -0.495 e. The van der Waals surface area contributed by atoms with E-state index in [-0.39, 0.29) is 6.61 Å². The Morgan fingerprint density at radius 2 is 2.05 bits per heavy atom. The Hall–Kier alpha value is -1.54. The molecule has 114 valence electrons. The van der Waals surface area contributed by atoms with Crippen molar-refractivity contribution in [3.05, 3.63) is 29.3 Å². The van der Waals surface area contributed by atoms with Gasteiger partial charge in [-0.15, -0.1) is 0 Å². The van der Waals surface area contributed by atoms with E-state index in [4.69, 9.17) is 9.84 Å². The van der Waals surface area contributed by atoms with Crippen molar-refractivity contribution in [1.82, 2.24) is 4.90 Å². The lowest BCUT2D eigenvalue weighted by molar-refractivity contribution is -0.00730. The van der Waals surface area contributed by atoms with Crippen LogP contribution in [0.2, 0.25) is 0 Å². The second-order valence-electron chi connectivity index (χ2n) is 5.77. The summed E-state index contributed by atoms with van der Waals surface area (Å²) in [4.78, 5) is 2.34. The van der Waals surface area contributed by atoms with E-state index >= 15 is 0 Å². The minimum absolute atomic E-state index is 0.158. The average Bonchev–Trinajstić information content (AvgIpc) is 2.47. The van der Waals surface area contributed by atoms with Gasteiger partial charge in [-0.05, 0) is 37.5 Å². The molecule has 4 heteroatoms. The molecule has 0 aromatic heterocycles. The number of hydrogen-bond acceptors (Lipinski definition) is 4. The zero-order valence-corrected chi connectivity index (χ0v) is 12.7. The molecule has 2 N–H and O–H groups in total. The number of piperidine rings is 1. The maximum atomic E-state index is 9.98. The maximum absolute atomic E-state index is 9.98. The number of likely N-dealkylation sites (tertiary alicyclic amines) is 1. The van der Waals surface area contributed by atoms with Crippen LogP contribution in [0.5, 0.6) is 5.75 Å². The van der Waals surface area contributed by atoms with E-state index in [2.05, 4.69) is 16.7 Å². The standard InChI is InChI=1S/C17H23NO3/c1-17(20)7-9-18(10-8-17)13-14-5-6-16(21-2)15(12-14)4-3-11-19/h5-6,12,19-20H,7-11,13H2,1-2H3. The van der Waals surface area contributed by atoms with Gasteiger partial charge in [-0.3, -0.25) is 4.90 Å². The largest absolute Gasteiger partial charge is 0.495 e. The summed E-state index contributed by atoms with van der Waals surface area (Å²) in [6, 6.07) is 5.96. The molecule has 0 amide bonds. The van der Waals surface area contributed by atoms with Crippen LogP contribution in [0.3, 0.4) is 0 Å². The van der Waals surface area contributed by atoms with Crippen molar-refractivity contribution < 1.29 is 14.9 Å². The SMILES string of the molecule is COc1ccc(CN2CCC(C)(O)CC2)cc1C#CCO. The van der Waals surface area contributed by atoms with Crippen LogP contribution in [0.15, 0.2) is 18.2 Å². The van der Waals surface area contributed by atoms with Crippen LogP contribution in [0.25, 0.3) is 0 Å². The third-order valence-corrected chi connectivity index (χ3v) is 3.91. The number of nitrogens with zero attached hydrogens (tertiary/aromatic N) is 1. The summed E-state index contributed by atoms with van der Waals surface area (Å²) in [5.74, 6) is 6.30. The summed E-state index contributed by atoms with van der Waals surface area (Å²) < 4.78 is 5.28. The number of rotatable bonds is 3. The molecule has 1 fully saturated rings. The van der Waals surface area contributed by atoms with Crippen LogP contribution >= 0.6 is 0 Å². The summed E-state index contributed by atoms with van der Waals surface area (Å²) in [5, 5.41) is 18.8. The highest BCUT2D eigenvalue weighted by Gasteiger charge is 2.27. The van der Waals surface area contributed by atoms with E-state index in [0.717, 1.165) is 43.8 Å². The summed E-state index contributed by atoms with van der Waals surface area (Å²) in [5.41, 5.74) is 1.45. The van der Waals surface area contributed by atoms with Gasteiger partial charge in [0.15, 0.2) is 0 Å². The van der Waals surface area contributed by atoms with E-state index in [1.54, 1.807) is 7.11 Å². The minimum atomic E-state index is -0.520. The smallest absolute Gasteiger partial charge is 0.134 e. The van der Waals surface area contributed by atoms with E-state index in [0.29, 0.717) is 0 Å². The van der Waals surface area contributed by atoms with Gasteiger partial charge in [0.2, 0.25) is 0 Å². The van der Waals surface area contributed by atoms with Crippen LogP contribution in [-0.2, 0) is 6.54 Å². The molecule has 1 saturated heterocycles. The number of aliphatic hydroxyl groups is 2. The van der Waals surface area contributed by atoms with Gasteiger partial charge < -0.3 is 14.9 Å². The molecule has 1 aromatic rings. The molecule has 0 saturated carbocycles. The molecule has 4 nitrogen and oxygen atoms in total.